The van der Waals surface area contributed by atoms with Gasteiger partial charge in [-0.25, -0.2) is 0 Å². The Balaban J connectivity index is 2.84. The Morgan fingerprint density at radius 2 is 2.00 bits per heavy atom. The second-order valence-electron chi connectivity index (χ2n) is 4.19. The second-order valence-corrected chi connectivity index (χ2v) is 4.19. The van der Waals surface area contributed by atoms with Gasteiger partial charge in [-0.2, -0.15) is 0 Å². The molecule has 6 N–H and O–H groups in total. The molecule has 0 aliphatic carbocycles. The average molecular weight is 250 g/mol. The third-order valence-corrected chi connectivity index (χ3v) is 2.66. The van der Waals surface area contributed by atoms with E-state index in [0.29, 0.717) is 12.2 Å². The van der Waals surface area contributed by atoms with Gasteiger partial charge in [0, 0.05) is 12.2 Å². The van der Waals surface area contributed by atoms with Crippen molar-refractivity contribution in [2.75, 3.05) is 12.3 Å². The number of hydrogen-bond acceptors (Lipinski definition) is 4. The number of carbonyl (C=O) groups excluding carboxylic acids is 2. The van der Waals surface area contributed by atoms with Crippen molar-refractivity contribution in [2.24, 2.45) is 11.5 Å². The van der Waals surface area contributed by atoms with Crippen LogP contribution in [0.15, 0.2) is 24.3 Å². The zero-order valence-electron chi connectivity index (χ0n) is 10.3. The lowest BCUT2D eigenvalue weighted by Gasteiger charge is -2.25. The third kappa shape index (κ3) is 4.06. The molecule has 6 nitrogen and oxygen atoms in total. The number of nitrogens with zero attached hydrogens (tertiary/aromatic N) is 1. The van der Waals surface area contributed by atoms with E-state index in [0.717, 1.165) is 5.56 Å². The largest absolute Gasteiger partial charge is 0.399 e. The molecule has 1 unspecified atom stereocenters. The molecule has 0 spiro atoms. The third-order valence-electron chi connectivity index (χ3n) is 2.66. The van der Waals surface area contributed by atoms with Crippen LogP contribution in [0.4, 0.5) is 5.69 Å². The number of nitrogens with two attached hydrogens (primary N) is 3. The summed E-state index contributed by atoms with van der Waals surface area (Å²) in [7, 11) is 0. The topological polar surface area (TPSA) is 115 Å². The monoisotopic (exact) mass is 250 g/mol. The first-order chi connectivity index (χ1) is 8.40. The highest BCUT2D eigenvalue weighted by Gasteiger charge is 2.20. The van der Waals surface area contributed by atoms with Crippen molar-refractivity contribution in [3.8, 4) is 0 Å². The fourth-order valence-corrected chi connectivity index (χ4v) is 1.64. The quantitative estimate of drug-likeness (QED) is 0.586. The maximum Gasteiger partial charge on any atom is 0.234 e. The molecule has 2 amide bonds. The molecule has 1 atom stereocenters. The number of anilines is 1. The zero-order valence-corrected chi connectivity index (χ0v) is 10.3. The molecule has 1 rings (SSSR count). The predicted molar refractivity (Wildman–Crippen MR) is 69.1 cm³/mol. The molecule has 98 valence electrons. The Morgan fingerprint density at radius 3 is 2.50 bits per heavy atom. The van der Waals surface area contributed by atoms with E-state index in [1.54, 1.807) is 24.0 Å². The molecule has 0 aliphatic heterocycles. The fourth-order valence-electron chi connectivity index (χ4n) is 1.64. The Labute approximate surface area is 106 Å². The molecule has 1 aromatic carbocycles. The highest BCUT2D eigenvalue weighted by atomic mass is 16.2. The summed E-state index contributed by atoms with van der Waals surface area (Å²) in [4.78, 5) is 23.8. The molecule has 0 bridgehead atoms. The maximum atomic E-state index is 11.2. The summed E-state index contributed by atoms with van der Waals surface area (Å²) in [5.74, 6) is -1.01. The molecule has 0 fully saturated rings. The minimum Gasteiger partial charge on any atom is -0.399 e. The summed E-state index contributed by atoms with van der Waals surface area (Å²) in [6.45, 7) is 1.99. The molecule has 0 heterocycles. The van der Waals surface area contributed by atoms with Crippen LogP contribution in [0.3, 0.4) is 0 Å². The number of amides is 2. The molecular formula is C12H18N4O2. The normalized spacial score (nSPS) is 12.3. The standard InChI is InChI=1S/C12H18N4O2/c1-8(12(15)18)16(7-11(14)17)6-9-3-2-4-10(13)5-9/h2-5,8H,6-7,13H2,1H3,(H2,14,17)(H2,15,18). The molecule has 6 heteroatoms. The fraction of sp³-hybridized carbons (Fsp3) is 0.333. The van der Waals surface area contributed by atoms with Gasteiger partial charge in [0.25, 0.3) is 0 Å². The molecule has 0 aliphatic rings. The minimum absolute atomic E-state index is 0.0289. The second kappa shape index (κ2) is 6.02. The van der Waals surface area contributed by atoms with Gasteiger partial charge in [-0.15, -0.1) is 0 Å². The molecule has 0 radical (unpaired) electrons. The van der Waals surface area contributed by atoms with E-state index < -0.39 is 17.9 Å². The van der Waals surface area contributed by atoms with Gasteiger partial charge in [0.2, 0.25) is 11.8 Å². The van der Waals surface area contributed by atoms with Crippen LogP contribution in [0.5, 0.6) is 0 Å². The van der Waals surface area contributed by atoms with Gasteiger partial charge in [0.15, 0.2) is 0 Å². The summed E-state index contributed by atoms with van der Waals surface area (Å²) in [6.07, 6.45) is 0. The summed E-state index contributed by atoms with van der Waals surface area (Å²) in [6, 6.07) is 6.64. The SMILES string of the molecule is CC(C(N)=O)N(CC(N)=O)Cc1cccc(N)c1. The number of nitrogen functional groups attached to an aromatic ring is 1. The Kier molecular flexibility index (Phi) is 4.67. The number of benzene rings is 1. The van der Waals surface area contributed by atoms with Gasteiger partial charge < -0.3 is 17.2 Å². The van der Waals surface area contributed by atoms with Crippen molar-refractivity contribution in [2.45, 2.75) is 19.5 Å². The number of primary amides is 2. The van der Waals surface area contributed by atoms with Crippen LogP contribution in [0.1, 0.15) is 12.5 Å². The van der Waals surface area contributed by atoms with Crippen LogP contribution in [0.2, 0.25) is 0 Å². The summed E-state index contributed by atoms with van der Waals surface area (Å²) in [5.41, 5.74) is 17.6. The summed E-state index contributed by atoms with van der Waals surface area (Å²) in [5, 5.41) is 0. The molecular weight excluding hydrogens is 232 g/mol. The first kappa shape index (κ1) is 14.0. The van der Waals surface area contributed by atoms with E-state index >= 15 is 0 Å². The van der Waals surface area contributed by atoms with Crippen molar-refractivity contribution >= 4 is 17.5 Å². The van der Waals surface area contributed by atoms with Gasteiger partial charge in [0.1, 0.15) is 0 Å². The molecule has 0 saturated carbocycles. The average Bonchev–Trinajstić information content (AvgIpc) is 2.26. The van der Waals surface area contributed by atoms with Crippen molar-refractivity contribution < 1.29 is 9.59 Å². The Morgan fingerprint density at radius 1 is 1.33 bits per heavy atom. The highest BCUT2D eigenvalue weighted by Crippen LogP contribution is 2.11. The van der Waals surface area contributed by atoms with Crippen LogP contribution in [-0.4, -0.2) is 29.3 Å². The number of carbonyl (C=O) groups is 2. The van der Waals surface area contributed by atoms with Gasteiger partial charge >= 0.3 is 0 Å². The van der Waals surface area contributed by atoms with Gasteiger partial charge in [-0.05, 0) is 24.6 Å². The lowest BCUT2D eigenvalue weighted by atomic mass is 10.1. The van der Waals surface area contributed by atoms with Crippen LogP contribution < -0.4 is 17.2 Å². The number of hydrogen-bond donors (Lipinski definition) is 3. The van der Waals surface area contributed by atoms with Crippen LogP contribution in [-0.2, 0) is 16.1 Å². The Hall–Kier alpha value is -2.08. The van der Waals surface area contributed by atoms with Gasteiger partial charge in [-0.3, -0.25) is 14.5 Å². The minimum atomic E-state index is -0.570. The van der Waals surface area contributed by atoms with E-state index in [9.17, 15) is 9.59 Å². The van der Waals surface area contributed by atoms with Crippen molar-refractivity contribution in [3.63, 3.8) is 0 Å². The van der Waals surface area contributed by atoms with Gasteiger partial charge in [0.05, 0.1) is 12.6 Å². The molecule has 0 saturated heterocycles. The highest BCUT2D eigenvalue weighted by molar-refractivity contribution is 5.81. The number of rotatable bonds is 6. The molecule has 18 heavy (non-hydrogen) atoms. The molecule has 0 aromatic heterocycles. The van der Waals surface area contributed by atoms with Crippen molar-refractivity contribution in [1.82, 2.24) is 4.90 Å². The van der Waals surface area contributed by atoms with Crippen LogP contribution in [0.25, 0.3) is 0 Å². The summed E-state index contributed by atoms with van der Waals surface area (Å²) < 4.78 is 0. The van der Waals surface area contributed by atoms with E-state index in [2.05, 4.69) is 0 Å². The lowest BCUT2D eigenvalue weighted by molar-refractivity contribution is -0.125. The van der Waals surface area contributed by atoms with E-state index in [4.69, 9.17) is 17.2 Å². The van der Waals surface area contributed by atoms with Crippen LogP contribution in [0, 0.1) is 0 Å². The van der Waals surface area contributed by atoms with E-state index in [1.165, 1.54) is 0 Å². The van der Waals surface area contributed by atoms with Crippen LogP contribution >= 0.6 is 0 Å². The Bertz CT molecular complexity index is 447. The van der Waals surface area contributed by atoms with E-state index in [-0.39, 0.29) is 6.54 Å². The first-order valence-corrected chi connectivity index (χ1v) is 5.56. The van der Waals surface area contributed by atoms with Gasteiger partial charge in [-0.1, -0.05) is 12.1 Å². The first-order valence-electron chi connectivity index (χ1n) is 5.56. The van der Waals surface area contributed by atoms with Crippen molar-refractivity contribution in [3.05, 3.63) is 29.8 Å². The zero-order chi connectivity index (χ0) is 13.7. The lowest BCUT2D eigenvalue weighted by Crippen LogP contribution is -2.46. The van der Waals surface area contributed by atoms with E-state index in [1.807, 2.05) is 12.1 Å². The smallest absolute Gasteiger partial charge is 0.234 e. The predicted octanol–water partition coefficient (Wildman–Crippen LogP) is -0.570. The maximum absolute atomic E-state index is 11.2. The summed E-state index contributed by atoms with van der Waals surface area (Å²) >= 11 is 0. The van der Waals surface area contributed by atoms with Crippen molar-refractivity contribution in [1.29, 1.82) is 0 Å². The molecule has 1 aromatic rings.